The number of nitrogens with zero attached hydrogens (tertiary/aromatic N) is 2. The number of carbonyl (C=O) groups is 1. The molecule has 2 N–H and O–H groups in total. The quantitative estimate of drug-likeness (QED) is 0.793. The van der Waals surface area contributed by atoms with Crippen molar-refractivity contribution in [2.75, 3.05) is 13.6 Å². The van der Waals surface area contributed by atoms with Crippen molar-refractivity contribution in [2.45, 2.75) is 37.8 Å². The first-order valence-corrected chi connectivity index (χ1v) is 6.38. The molecule has 1 fully saturated rings. The Balaban J connectivity index is 1.97. The van der Waals surface area contributed by atoms with E-state index in [-0.39, 0.29) is 18.0 Å². The van der Waals surface area contributed by atoms with E-state index in [0.29, 0.717) is 0 Å². The topological polar surface area (TPSA) is 51.3 Å². The molecule has 1 amide bonds. The molecular weight excluding hydrogens is 214 g/mol. The lowest BCUT2D eigenvalue weighted by Gasteiger charge is -2.23. The SMILES string of the molecule is CN1CCC(n2ccc3c2CCCC3N)C1=O. The van der Waals surface area contributed by atoms with Crippen molar-refractivity contribution in [3.05, 3.63) is 23.5 Å². The predicted molar refractivity (Wildman–Crippen MR) is 65.6 cm³/mol. The molecule has 92 valence electrons. The number of rotatable bonds is 1. The molecule has 0 saturated carbocycles. The summed E-state index contributed by atoms with van der Waals surface area (Å²) >= 11 is 0. The molecule has 2 atom stereocenters. The van der Waals surface area contributed by atoms with Gasteiger partial charge in [-0.25, -0.2) is 0 Å². The van der Waals surface area contributed by atoms with Crippen LogP contribution < -0.4 is 5.73 Å². The van der Waals surface area contributed by atoms with Crippen LogP contribution in [0.3, 0.4) is 0 Å². The van der Waals surface area contributed by atoms with Gasteiger partial charge in [-0.15, -0.1) is 0 Å². The van der Waals surface area contributed by atoms with Crippen LogP contribution in [0.15, 0.2) is 12.3 Å². The van der Waals surface area contributed by atoms with E-state index >= 15 is 0 Å². The molecule has 1 saturated heterocycles. The minimum atomic E-state index is 0.00838. The first-order valence-electron chi connectivity index (χ1n) is 6.38. The number of fused-ring (bicyclic) bond motifs is 1. The number of hydrogen-bond donors (Lipinski definition) is 1. The fourth-order valence-electron chi connectivity index (χ4n) is 3.11. The highest BCUT2D eigenvalue weighted by Gasteiger charge is 2.33. The molecule has 3 rings (SSSR count). The molecule has 1 aliphatic carbocycles. The third-order valence-electron chi connectivity index (χ3n) is 4.12. The summed E-state index contributed by atoms with van der Waals surface area (Å²) in [5.41, 5.74) is 8.65. The molecule has 1 aliphatic heterocycles. The maximum Gasteiger partial charge on any atom is 0.245 e. The van der Waals surface area contributed by atoms with Crippen molar-refractivity contribution < 1.29 is 4.79 Å². The molecule has 0 radical (unpaired) electrons. The highest BCUT2D eigenvalue weighted by atomic mass is 16.2. The second-order valence-electron chi connectivity index (χ2n) is 5.19. The van der Waals surface area contributed by atoms with Crippen LogP contribution in [0.5, 0.6) is 0 Å². The maximum atomic E-state index is 12.0. The second kappa shape index (κ2) is 3.88. The Morgan fingerprint density at radius 1 is 1.41 bits per heavy atom. The zero-order valence-electron chi connectivity index (χ0n) is 10.2. The van der Waals surface area contributed by atoms with E-state index in [9.17, 15) is 4.79 Å². The monoisotopic (exact) mass is 233 g/mol. The van der Waals surface area contributed by atoms with Gasteiger partial charge in [0.2, 0.25) is 5.91 Å². The minimum Gasteiger partial charge on any atom is -0.344 e. The Bertz CT molecular complexity index is 452. The van der Waals surface area contributed by atoms with Gasteiger partial charge in [0.1, 0.15) is 6.04 Å². The normalized spacial score (nSPS) is 28.6. The number of likely N-dealkylation sites (N-methyl/N-ethyl adjacent to an activating group) is 1. The van der Waals surface area contributed by atoms with Crippen LogP contribution in [0.2, 0.25) is 0 Å². The highest BCUT2D eigenvalue weighted by molar-refractivity contribution is 5.82. The van der Waals surface area contributed by atoms with Crippen LogP contribution in [-0.2, 0) is 11.2 Å². The predicted octanol–water partition coefficient (Wildman–Crippen LogP) is 1.23. The second-order valence-corrected chi connectivity index (χ2v) is 5.19. The van der Waals surface area contributed by atoms with Crippen LogP contribution in [0, 0.1) is 0 Å². The summed E-state index contributed by atoms with van der Waals surface area (Å²) in [6.07, 6.45) is 6.23. The first-order chi connectivity index (χ1) is 8.18. The number of likely N-dealkylation sites (tertiary alicyclic amines) is 1. The average Bonchev–Trinajstić information content (AvgIpc) is 2.86. The zero-order chi connectivity index (χ0) is 12.0. The molecule has 1 aromatic heterocycles. The minimum absolute atomic E-state index is 0.00838. The van der Waals surface area contributed by atoms with E-state index in [4.69, 9.17) is 5.73 Å². The van der Waals surface area contributed by atoms with Gasteiger partial charge in [-0.05, 0) is 37.3 Å². The number of nitrogens with two attached hydrogens (primary N) is 1. The first kappa shape index (κ1) is 10.8. The van der Waals surface area contributed by atoms with Gasteiger partial charge in [-0.2, -0.15) is 0 Å². The van der Waals surface area contributed by atoms with E-state index in [1.54, 1.807) is 0 Å². The molecule has 0 bridgehead atoms. The molecule has 0 aromatic carbocycles. The summed E-state index contributed by atoms with van der Waals surface area (Å²) in [6, 6.07) is 2.27. The Morgan fingerprint density at radius 3 is 2.94 bits per heavy atom. The van der Waals surface area contributed by atoms with E-state index < -0.39 is 0 Å². The van der Waals surface area contributed by atoms with Crippen LogP contribution in [-0.4, -0.2) is 29.0 Å². The largest absolute Gasteiger partial charge is 0.344 e. The van der Waals surface area contributed by atoms with Crippen molar-refractivity contribution in [2.24, 2.45) is 5.73 Å². The number of hydrogen-bond acceptors (Lipinski definition) is 2. The summed E-state index contributed by atoms with van der Waals surface area (Å²) in [5.74, 6) is 0.238. The third-order valence-corrected chi connectivity index (χ3v) is 4.12. The molecule has 0 spiro atoms. The summed E-state index contributed by atoms with van der Waals surface area (Å²) in [5, 5.41) is 0. The molecule has 4 heteroatoms. The van der Waals surface area contributed by atoms with Gasteiger partial charge in [0.15, 0.2) is 0 Å². The Morgan fingerprint density at radius 2 is 2.24 bits per heavy atom. The smallest absolute Gasteiger partial charge is 0.245 e. The molecular formula is C13H19N3O. The fourth-order valence-corrected chi connectivity index (χ4v) is 3.11. The molecule has 2 unspecified atom stereocenters. The summed E-state index contributed by atoms with van der Waals surface area (Å²) in [4.78, 5) is 13.9. The van der Waals surface area contributed by atoms with Gasteiger partial charge < -0.3 is 15.2 Å². The van der Waals surface area contributed by atoms with Gasteiger partial charge in [-0.1, -0.05) is 0 Å². The standard InChI is InChI=1S/C13H19N3O/c1-15-7-6-12(13(15)17)16-8-5-9-10(14)3-2-4-11(9)16/h5,8,10,12H,2-4,6-7,14H2,1H3. The van der Waals surface area contributed by atoms with E-state index in [1.165, 1.54) is 11.3 Å². The third kappa shape index (κ3) is 1.59. The lowest BCUT2D eigenvalue weighted by atomic mass is 9.93. The molecule has 1 aromatic rings. The molecule has 17 heavy (non-hydrogen) atoms. The highest BCUT2D eigenvalue weighted by Crippen LogP contribution is 2.33. The molecule has 4 nitrogen and oxygen atoms in total. The van der Waals surface area contributed by atoms with Gasteiger partial charge in [0.05, 0.1) is 0 Å². The summed E-state index contributed by atoms with van der Waals surface area (Å²) in [7, 11) is 1.88. The van der Waals surface area contributed by atoms with Crippen molar-refractivity contribution in [3.8, 4) is 0 Å². The fraction of sp³-hybridized carbons (Fsp3) is 0.615. The summed E-state index contributed by atoms with van der Waals surface area (Å²) < 4.78 is 2.17. The molecule has 2 aliphatic rings. The van der Waals surface area contributed by atoms with Crippen molar-refractivity contribution in [1.82, 2.24) is 9.47 Å². The lowest BCUT2D eigenvalue weighted by molar-refractivity contribution is -0.129. The average molecular weight is 233 g/mol. The Labute approximate surface area is 101 Å². The van der Waals surface area contributed by atoms with Gasteiger partial charge in [0.25, 0.3) is 0 Å². The van der Waals surface area contributed by atoms with Crippen LogP contribution in [0.4, 0.5) is 0 Å². The summed E-state index contributed by atoms with van der Waals surface area (Å²) in [6.45, 7) is 0.864. The Kier molecular flexibility index (Phi) is 2.47. The van der Waals surface area contributed by atoms with E-state index in [2.05, 4.69) is 16.8 Å². The van der Waals surface area contributed by atoms with Gasteiger partial charge in [0, 0.05) is 31.5 Å². The van der Waals surface area contributed by atoms with E-state index in [0.717, 1.165) is 32.2 Å². The molecule has 2 heterocycles. The van der Waals surface area contributed by atoms with Crippen LogP contribution >= 0.6 is 0 Å². The van der Waals surface area contributed by atoms with Crippen LogP contribution in [0.25, 0.3) is 0 Å². The van der Waals surface area contributed by atoms with Gasteiger partial charge >= 0.3 is 0 Å². The van der Waals surface area contributed by atoms with E-state index in [1.807, 2.05) is 11.9 Å². The van der Waals surface area contributed by atoms with Gasteiger partial charge in [-0.3, -0.25) is 4.79 Å². The van der Waals surface area contributed by atoms with Crippen LogP contribution in [0.1, 0.15) is 42.6 Å². The van der Waals surface area contributed by atoms with Crippen molar-refractivity contribution >= 4 is 5.91 Å². The van der Waals surface area contributed by atoms with Crippen molar-refractivity contribution in [1.29, 1.82) is 0 Å². The number of carbonyl (C=O) groups excluding carboxylic acids is 1. The Hall–Kier alpha value is -1.29. The van der Waals surface area contributed by atoms with Crippen molar-refractivity contribution in [3.63, 3.8) is 0 Å². The zero-order valence-corrected chi connectivity index (χ0v) is 10.2. The number of aromatic nitrogens is 1. The lowest BCUT2D eigenvalue weighted by Crippen LogP contribution is -2.26. The maximum absolute atomic E-state index is 12.0. The number of amides is 1.